The third-order valence-electron chi connectivity index (χ3n) is 6.80. The van der Waals surface area contributed by atoms with E-state index in [4.69, 9.17) is 0 Å². The number of nitrogens with one attached hydrogen (secondary N) is 1. The number of hydrogen-bond acceptors (Lipinski definition) is 5. The second-order valence-electron chi connectivity index (χ2n) is 8.87. The van der Waals surface area contributed by atoms with Gasteiger partial charge in [-0.2, -0.15) is 9.97 Å². The summed E-state index contributed by atoms with van der Waals surface area (Å²) in [7, 11) is 0. The van der Waals surface area contributed by atoms with E-state index in [0.29, 0.717) is 34.4 Å². The summed E-state index contributed by atoms with van der Waals surface area (Å²) in [5.74, 6) is 1.56. The fraction of sp³-hybridized carbons (Fsp3) is 0.737. The number of hydrogen-bond donors (Lipinski definition) is 2. The molecule has 1 heterocycles. The predicted molar refractivity (Wildman–Crippen MR) is 96.1 cm³/mol. The Morgan fingerprint density at radius 3 is 2.58 bits per heavy atom. The zero-order valence-electron chi connectivity index (χ0n) is 15.0. The minimum atomic E-state index is -1.25. The fourth-order valence-corrected chi connectivity index (χ4v) is 6.23. The average Bonchev–Trinajstić information content (AvgIpc) is 3.40. The van der Waals surface area contributed by atoms with Gasteiger partial charge in [-0.15, -0.1) is 0 Å². The highest BCUT2D eigenvalue weighted by Crippen LogP contribution is 2.55. The molecule has 3 atom stereocenters. The molecule has 1 aromatic heterocycles. The molecule has 6 rings (SSSR count). The molecule has 7 heteroatoms. The molecule has 5 aliphatic rings. The average molecular weight is 375 g/mol. The molecule has 0 radical (unpaired) electrons. The van der Waals surface area contributed by atoms with Crippen LogP contribution in [0.15, 0.2) is 11.4 Å². The van der Waals surface area contributed by atoms with Crippen LogP contribution in [0.3, 0.4) is 0 Å². The summed E-state index contributed by atoms with van der Waals surface area (Å²) in [6, 6.07) is 0.145. The van der Waals surface area contributed by atoms with Gasteiger partial charge in [0.15, 0.2) is 0 Å². The van der Waals surface area contributed by atoms with Crippen molar-refractivity contribution < 1.29 is 14.5 Å². The third-order valence-corrected chi connectivity index (χ3v) is 7.51. The SMILES string of the molecule is C[S+]([O-])c1ncc(C(=O)N[C@H]2C3CC4CC2C[C@@](O)(C4)C3)c(C2CC2)n1. The predicted octanol–water partition coefficient (Wildman–Crippen LogP) is 1.76. The number of nitrogens with zero attached hydrogens (tertiary/aromatic N) is 2. The van der Waals surface area contributed by atoms with Crippen LogP contribution in [0, 0.1) is 17.8 Å². The minimum Gasteiger partial charge on any atom is -0.609 e. The molecule has 5 aliphatic carbocycles. The smallest absolute Gasteiger partial charge is 0.342 e. The van der Waals surface area contributed by atoms with Crippen LogP contribution in [0.5, 0.6) is 0 Å². The van der Waals surface area contributed by atoms with Crippen LogP contribution in [0.2, 0.25) is 0 Å². The van der Waals surface area contributed by atoms with Crippen molar-refractivity contribution in [3.8, 4) is 0 Å². The van der Waals surface area contributed by atoms with Gasteiger partial charge in [0.1, 0.15) is 6.26 Å². The largest absolute Gasteiger partial charge is 0.609 e. The molecular weight excluding hydrogens is 350 g/mol. The first-order chi connectivity index (χ1) is 12.4. The molecule has 1 amide bonds. The molecule has 0 aromatic carbocycles. The number of carbonyl (C=O) groups excluding carboxylic acids is 1. The molecule has 5 saturated carbocycles. The molecule has 140 valence electrons. The van der Waals surface area contributed by atoms with E-state index < -0.39 is 16.8 Å². The Bertz CT molecular complexity index is 736. The first-order valence-electron chi connectivity index (χ1n) is 9.65. The van der Waals surface area contributed by atoms with Crippen LogP contribution < -0.4 is 5.32 Å². The Morgan fingerprint density at radius 2 is 2.00 bits per heavy atom. The van der Waals surface area contributed by atoms with E-state index in [0.717, 1.165) is 50.6 Å². The van der Waals surface area contributed by atoms with Crippen LogP contribution >= 0.6 is 0 Å². The van der Waals surface area contributed by atoms with E-state index >= 15 is 0 Å². The van der Waals surface area contributed by atoms with Crippen LogP contribution in [-0.4, -0.2) is 43.4 Å². The zero-order chi connectivity index (χ0) is 18.1. The lowest BCUT2D eigenvalue weighted by Gasteiger charge is -2.58. The Kier molecular flexibility index (Phi) is 3.85. The van der Waals surface area contributed by atoms with Crippen molar-refractivity contribution >= 4 is 17.1 Å². The van der Waals surface area contributed by atoms with E-state index in [-0.39, 0.29) is 11.9 Å². The maximum Gasteiger partial charge on any atom is 0.342 e. The van der Waals surface area contributed by atoms with Gasteiger partial charge in [-0.25, -0.2) is 0 Å². The quantitative estimate of drug-likeness (QED) is 0.617. The van der Waals surface area contributed by atoms with Crippen molar-refractivity contribution in [1.29, 1.82) is 0 Å². The molecule has 26 heavy (non-hydrogen) atoms. The van der Waals surface area contributed by atoms with Gasteiger partial charge >= 0.3 is 5.16 Å². The topological polar surface area (TPSA) is 98.2 Å². The summed E-state index contributed by atoms with van der Waals surface area (Å²) in [5.41, 5.74) is 0.798. The van der Waals surface area contributed by atoms with E-state index in [2.05, 4.69) is 15.3 Å². The lowest BCUT2D eigenvalue weighted by molar-refractivity contribution is -0.136. The van der Waals surface area contributed by atoms with Crippen molar-refractivity contribution in [3.63, 3.8) is 0 Å². The second-order valence-corrected chi connectivity index (χ2v) is 10.1. The molecule has 0 saturated heterocycles. The minimum absolute atomic E-state index is 0.107. The van der Waals surface area contributed by atoms with Crippen molar-refractivity contribution in [2.45, 2.75) is 67.7 Å². The number of carbonyl (C=O) groups is 1. The Hall–Kier alpha value is -1.18. The normalized spacial score (nSPS) is 39.0. The summed E-state index contributed by atoms with van der Waals surface area (Å²) in [6.07, 6.45) is 9.95. The van der Waals surface area contributed by atoms with Crippen molar-refractivity contribution in [1.82, 2.24) is 15.3 Å². The van der Waals surface area contributed by atoms with Gasteiger partial charge in [-0.05, 0) is 62.7 Å². The maximum absolute atomic E-state index is 13.0. The Labute approximate surface area is 156 Å². The molecule has 6 nitrogen and oxygen atoms in total. The van der Waals surface area contributed by atoms with Gasteiger partial charge in [0, 0.05) is 29.3 Å². The van der Waals surface area contributed by atoms with E-state index in [1.54, 1.807) is 12.5 Å². The molecule has 3 unspecified atom stereocenters. The number of aromatic nitrogens is 2. The first kappa shape index (κ1) is 17.0. The zero-order valence-corrected chi connectivity index (χ0v) is 15.8. The maximum atomic E-state index is 13.0. The van der Waals surface area contributed by atoms with E-state index in [9.17, 15) is 14.5 Å². The second kappa shape index (κ2) is 5.91. The van der Waals surface area contributed by atoms with Gasteiger partial charge in [0.25, 0.3) is 5.91 Å². The van der Waals surface area contributed by atoms with Crippen molar-refractivity contribution in [2.24, 2.45) is 17.8 Å². The van der Waals surface area contributed by atoms with Crippen LogP contribution in [0.25, 0.3) is 0 Å². The fourth-order valence-electron chi connectivity index (χ4n) is 5.81. The Balaban J connectivity index is 1.38. The van der Waals surface area contributed by atoms with Gasteiger partial charge in [0.05, 0.1) is 16.9 Å². The standard InChI is InChI=1S/C19H25N3O3S/c1-26(25)18-20-9-14(16(22-18)11-2-3-11)17(23)21-15-12-4-10-5-13(15)8-19(24,6-10)7-12/h9-13,15,24H,2-8H2,1H3,(H,21,23)/t10?,12?,13?,15-,19+,26?. The van der Waals surface area contributed by atoms with Gasteiger partial charge in [-0.1, -0.05) is 0 Å². The first-order valence-corrected chi connectivity index (χ1v) is 11.2. The van der Waals surface area contributed by atoms with Crippen LogP contribution in [0.1, 0.15) is 66.9 Å². The lowest BCUT2D eigenvalue weighted by Crippen LogP contribution is -2.61. The van der Waals surface area contributed by atoms with Gasteiger partial charge in [-0.3, -0.25) is 4.79 Å². The highest BCUT2D eigenvalue weighted by atomic mass is 32.2. The summed E-state index contributed by atoms with van der Waals surface area (Å²) >= 11 is -1.25. The molecule has 2 N–H and O–H groups in total. The van der Waals surface area contributed by atoms with Gasteiger partial charge in [0.2, 0.25) is 0 Å². The summed E-state index contributed by atoms with van der Waals surface area (Å²) in [6.45, 7) is 0. The Morgan fingerprint density at radius 1 is 1.31 bits per heavy atom. The molecule has 4 bridgehead atoms. The summed E-state index contributed by atoms with van der Waals surface area (Å²) in [4.78, 5) is 21.6. The highest BCUT2D eigenvalue weighted by molar-refractivity contribution is 7.90. The lowest BCUT2D eigenvalue weighted by atomic mass is 9.52. The number of rotatable bonds is 4. The van der Waals surface area contributed by atoms with E-state index in [1.807, 2.05) is 0 Å². The van der Waals surface area contributed by atoms with E-state index in [1.165, 1.54) is 0 Å². The van der Waals surface area contributed by atoms with Crippen molar-refractivity contribution in [3.05, 3.63) is 17.5 Å². The molecule has 0 spiro atoms. The summed E-state index contributed by atoms with van der Waals surface area (Å²) < 4.78 is 11.7. The highest BCUT2D eigenvalue weighted by Gasteiger charge is 2.55. The van der Waals surface area contributed by atoms with Gasteiger partial charge < -0.3 is 15.0 Å². The monoisotopic (exact) mass is 375 g/mol. The molecular formula is C19H25N3O3S. The summed E-state index contributed by atoms with van der Waals surface area (Å²) in [5, 5.41) is 14.3. The molecule has 1 aromatic rings. The number of amides is 1. The molecule has 0 aliphatic heterocycles. The van der Waals surface area contributed by atoms with Crippen molar-refractivity contribution in [2.75, 3.05) is 6.26 Å². The van der Waals surface area contributed by atoms with Crippen LogP contribution in [-0.2, 0) is 11.2 Å². The third kappa shape index (κ3) is 2.84. The number of aliphatic hydroxyl groups is 1. The van der Waals surface area contributed by atoms with Crippen LogP contribution in [0.4, 0.5) is 0 Å². The molecule has 5 fully saturated rings.